The summed E-state index contributed by atoms with van der Waals surface area (Å²) in [4.78, 5) is 8.56. The molecule has 0 aliphatic carbocycles. The molecule has 0 unspecified atom stereocenters. The normalized spacial score (nSPS) is 19.8. The van der Waals surface area contributed by atoms with E-state index in [4.69, 9.17) is 43.4 Å². The molecule has 0 bridgehead atoms. The molecule has 0 aromatic heterocycles. The third kappa shape index (κ3) is 27.8. The summed E-state index contributed by atoms with van der Waals surface area (Å²) < 4.78 is 32.0. The predicted molar refractivity (Wildman–Crippen MR) is 82.7 cm³/mol. The van der Waals surface area contributed by atoms with Crippen molar-refractivity contribution in [1.82, 2.24) is 0 Å². The van der Waals surface area contributed by atoms with Gasteiger partial charge in [0.15, 0.2) is 0 Å². The van der Waals surface area contributed by atoms with Crippen molar-refractivity contribution < 1.29 is 43.4 Å². The van der Waals surface area contributed by atoms with Crippen LogP contribution >= 0.6 is 0 Å². The molecule has 1 heterocycles. The van der Waals surface area contributed by atoms with Gasteiger partial charge in [0.2, 0.25) is 0 Å². The standard InChI is InChI=1S/C12H24O6.CH2O3.K.H/c1-2-14-5-6-16-9-10-18-12-11-17-8-7-15-4-3-13-1;2-1(3)4;;/h1-12H2;(H2,2,3,4);;. The second-order valence-corrected chi connectivity index (χ2v) is 3.96. The number of hydrogen-bond acceptors (Lipinski definition) is 7. The zero-order chi connectivity index (χ0) is 16.3. The summed E-state index contributed by atoms with van der Waals surface area (Å²) in [5.74, 6) is 0. The van der Waals surface area contributed by atoms with Crippen molar-refractivity contribution in [1.29, 1.82) is 0 Å². The minimum absolute atomic E-state index is 0. The zero-order valence-electron chi connectivity index (χ0n) is 12.7. The molecule has 134 valence electrons. The van der Waals surface area contributed by atoms with Crippen LogP contribution in [0.15, 0.2) is 0 Å². The van der Waals surface area contributed by atoms with Crippen molar-refractivity contribution in [2.75, 3.05) is 79.3 Å². The van der Waals surface area contributed by atoms with Gasteiger partial charge < -0.3 is 38.6 Å². The van der Waals surface area contributed by atoms with Crippen LogP contribution in [0.25, 0.3) is 0 Å². The van der Waals surface area contributed by atoms with Crippen molar-refractivity contribution in [3.63, 3.8) is 0 Å². The number of carbonyl (C=O) groups is 1. The van der Waals surface area contributed by atoms with Crippen LogP contribution in [0, 0.1) is 0 Å². The topological polar surface area (TPSA) is 113 Å². The Hall–Kier alpha value is 0.666. The van der Waals surface area contributed by atoms with Crippen molar-refractivity contribution in [3.05, 3.63) is 0 Å². The Morgan fingerprint density at radius 2 is 0.565 bits per heavy atom. The molecule has 0 atom stereocenters. The van der Waals surface area contributed by atoms with Gasteiger partial charge in [-0.05, 0) is 0 Å². The molecule has 10 heteroatoms. The molecule has 0 aromatic carbocycles. The van der Waals surface area contributed by atoms with Crippen molar-refractivity contribution in [3.8, 4) is 0 Å². The van der Waals surface area contributed by atoms with Gasteiger partial charge in [-0.1, -0.05) is 0 Å². The van der Waals surface area contributed by atoms with Crippen LogP contribution in [0.3, 0.4) is 0 Å². The van der Waals surface area contributed by atoms with Gasteiger partial charge >= 0.3 is 57.5 Å². The monoisotopic (exact) mass is 366 g/mol. The van der Waals surface area contributed by atoms with Crippen LogP contribution in [0.5, 0.6) is 0 Å². The Bertz CT molecular complexity index is 164. The summed E-state index contributed by atoms with van der Waals surface area (Å²) in [6.45, 7) is 7.04. The molecular formula is C13H27KO9. The maximum atomic E-state index is 8.56. The number of hydrogen-bond donors (Lipinski definition) is 2. The second-order valence-electron chi connectivity index (χ2n) is 3.96. The summed E-state index contributed by atoms with van der Waals surface area (Å²) in [7, 11) is 0. The van der Waals surface area contributed by atoms with Gasteiger partial charge in [0.25, 0.3) is 0 Å². The molecule has 9 nitrogen and oxygen atoms in total. The summed E-state index contributed by atoms with van der Waals surface area (Å²) in [6, 6.07) is 0. The van der Waals surface area contributed by atoms with Gasteiger partial charge in [0, 0.05) is 0 Å². The van der Waals surface area contributed by atoms with Gasteiger partial charge in [0.05, 0.1) is 79.3 Å². The first-order valence-corrected chi connectivity index (χ1v) is 7.12. The minimum atomic E-state index is -1.83. The molecule has 1 saturated heterocycles. The van der Waals surface area contributed by atoms with E-state index in [1.54, 1.807) is 0 Å². The quantitative estimate of drug-likeness (QED) is 0.557. The molecule has 1 aliphatic rings. The molecular weight excluding hydrogens is 339 g/mol. The SMILES string of the molecule is C1COCCOCCOCCOCCOCCO1.O=C(O)O.[KH]. The van der Waals surface area contributed by atoms with E-state index in [1.807, 2.05) is 0 Å². The van der Waals surface area contributed by atoms with Gasteiger partial charge in [0.1, 0.15) is 0 Å². The van der Waals surface area contributed by atoms with E-state index in [9.17, 15) is 0 Å². The second kappa shape index (κ2) is 22.7. The van der Waals surface area contributed by atoms with Crippen LogP contribution in [0.4, 0.5) is 4.79 Å². The molecule has 0 saturated carbocycles. The summed E-state index contributed by atoms with van der Waals surface area (Å²) >= 11 is 0. The Kier molecular flexibility index (Phi) is 25.5. The van der Waals surface area contributed by atoms with Crippen molar-refractivity contribution in [2.24, 2.45) is 0 Å². The summed E-state index contributed by atoms with van der Waals surface area (Å²) in [6.07, 6.45) is -1.83. The van der Waals surface area contributed by atoms with E-state index in [0.29, 0.717) is 79.3 Å². The zero-order valence-corrected chi connectivity index (χ0v) is 12.7. The average Bonchev–Trinajstić information content (AvgIpc) is 2.47. The van der Waals surface area contributed by atoms with Gasteiger partial charge in [-0.25, -0.2) is 4.79 Å². The van der Waals surface area contributed by atoms with Gasteiger partial charge in [-0.2, -0.15) is 0 Å². The van der Waals surface area contributed by atoms with Gasteiger partial charge in [-0.3, -0.25) is 0 Å². The molecule has 0 aromatic rings. The van der Waals surface area contributed by atoms with E-state index in [0.717, 1.165) is 0 Å². The first-order chi connectivity index (χ1) is 10.7. The summed E-state index contributed by atoms with van der Waals surface area (Å²) in [5.41, 5.74) is 0. The Labute approximate surface area is 178 Å². The average molecular weight is 366 g/mol. The molecule has 23 heavy (non-hydrogen) atoms. The van der Waals surface area contributed by atoms with Crippen LogP contribution < -0.4 is 0 Å². The maximum absolute atomic E-state index is 8.56. The predicted octanol–water partition coefficient (Wildman–Crippen LogP) is -0.326. The fraction of sp³-hybridized carbons (Fsp3) is 0.923. The fourth-order valence-corrected chi connectivity index (χ4v) is 1.32. The first-order valence-electron chi connectivity index (χ1n) is 7.12. The van der Waals surface area contributed by atoms with E-state index < -0.39 is 6.16 Å². The van der Waals surface area contributed by atoms with Gasteiger partial charge in [-0.15, -0.1) is 0 Å². The third-order valence-electron chi connectivity index (χ3n) is 2.23. The fourth-order valence-electron chi connectivity index (χ4n) is 1.32. The molecule has 0 spiro atoms. The number of ether oxygens (including phenoxy) is 6. The van der Waals surface area contributed by atoms with Crippen molar-refractivity contribution in [2.45, 2.75) is 0 Å². The summed E-state index contributed by atoms with van der Waals surface area (Å²) in [5, 5.41) is 13.9. The number of rotatable bonds is 0. The van der Waals surface area contributed by atoms with E-state index in [2.05, 4.69) is 0 Å². The van der Waals surface area contributed by atoms with Crippen LogP contribution in [0.1, 0.15) is 0 Å². The Balaban J connectivity index is 0. The molecule has 1 fully saturated rings. The van der Waals surface area contributed by atoms with Crippen molar-refractivity contribution >= 4 is 57.5 Å². The number of carboxylic acid groups (broad SMARTS) is 2. The van der Waals surface area contributed by atoms with Crippen LogP contribution in [-0.2, 0) is 28.4 Å². The van der Waals surface area contributed by atoms with Crippen LogP contribution in [0.2, 0.25) is 0 Å². The third-order valence-corrected chi connectivity index (χ3v) is 2.23. The first kappa shape index (κ1) is 25.9. The van der Waals surface area contributed by atoms with E-state index in [1.165, 1.54) is 0 Å². The van der Waals surface area contributed by atoms with Crippen LogP contribution in [-0.4, -0.2) is 147 Å². The molecule has 0 amide bonds. The molecule has 2 N–H and O–H groups in total. The Morgan fingerprint density at radius 3 is 0.652 bits per heavy atom. The molecule has 1 rings (SSSR count). The Morgan fingerprint density at radius 1 is 0.478 bits per heavy atom. The van der Waals surface area contributed by atoms with E-state index in [-0.39, 0.29) is 51.4 Å². The van der Waals surface area contributed by atoms with E-state index >= 15 is 0 Å². The molecule has 1 aliphatic heterocycles. The molecule has 0 radical (unpaired) electrons.